The molecule has 6 heteroatoms. The highest BCUT2D eigenvalue weighted by molar-refractivity contribution is 6.00. The van der Waals surface area contributed by atoms with Crippen LogP contribution in [0.4, 0.5) is 5.69 Å². The first-order chi connectivity index (χ1) is 11.6. The second kappa shape index (κ2) is 6.54. The summed E-state index contributed by atoms with van der Waals surface area (Å²) in [6.45, 7) is 0. The van der Waals surface area contributed by atoms with Gasteiger partial charge in [-0.3, -0.25) is 9.59 Å². The summed E-state index contributed by atoms with van der Waals surface area (Å²) in [5.74, 6) is -1.09. The molecule has 0 spiro atoms. The van der Waals surface area contributed by atoms with Crippen LogP contribution in [0.25, 0.3) is 0 Å². The third-order valence-corrected chi connectivity index (χ3v) is 3.83. The molecule has 1 heterocycles. The third kappa shape index (κ3) is 3.12. The quantitative estimate of drug-likeness (QED) is 0.843. The number of carbonyl (C=O) groups excluding carboxylic acids is 3. The number of hydrogen-bond acceptors (Lipinski definition) is 4. The number of benzene rings is 2. The van der Waals surface area contributed by atoms with E-state index in [1.54, 1.807) is 43.4 Å². The first-order valence-corrected chi connectivity index (χ1v) is 7.50. The summed E-state index contributed by atoms with van der Waals surface area (Å²) < 4.78 is 5.21. The van der Waals surface area contributed by atoms with Crippen molar-refractivity contribution in [1.29, 1.82) is 0 Å². The van der Waals surface area contributed by atoms with Crippen molar-refractivity contribution < 1.29 is 19.1 Å². The Morgan fingerprint density at radius 1 is 1.08 bits per heavy atom. The Kier molecular flexibility index (Phi) is 4.29. The van der Waals surface area contributed by atoms with Gasteiger partial charge >= 0.3 is 5.97 Å². The monoisotopic (exact) mass is 324 g/mol. The fourth-order valence-corrected chi connectivity index (χ4v) is 2.55. The second-order valence-electron chi connectivity index (χ2n) is 5.40. The minimum absolute atomic E-state index is 0.203. The van der Waals surface area contributed by atoms with E-state index >= 15 is 0 Å². The highest BCUT2D eigenvalue weighted by atomic mass is 16.5. The molecule has 122 valence electrons. The zero-order chi connectivity index (χ0) is 17.1. The van der Waals surface area contributed by atoms with Gasteiger partial charge in [0.15, 0.2) is 6.10 Å². The van der Waals surface area contributed by atoms with Crippen molar-refractivity contribution in [3.8, 4) is 0 Å². The summed E-state index contributed by atoms with van der Waals surface area (Å²) in [6, 6.07) is 13.5. The molecule has 2 amide bonds. The average molecular weight is 324 g/mol. The van der Waals surface area contributed by atoms with Gasteiger partial charge in [-0.1, -0.05) is 18.2 Å². The fraction of sp³-hybridized carbons (Fsp3) is 0.167. The van der Waals surface area contributed by atoms with Crippen LogP contribution in [0.15, 0.2) is 48.5 Å². The van der Waals surface area contributed by atoms with Crippen LogP contribution in [-0.4, -0.2) is 30.9 Å². The minimum Gasteiger partial charge on any atom is -0.448 e. The number of esters is 1. The molecule has 1 aliphatic heterocycles. The van der Waals surface area contributed by atoms with Crippen molar-refractivity contribution in [3.05, 3.63) is 65.2 Å². The van der Waals surface area contributed by atoms with E-state index in [9.17, 15) is 14.4 Å². The molecule has 6 nitrogen and oxygen atoms in total. The highest BCUT2D eigenvalue weighted by Crippen LogP contribution is 2.21. The number of amides is 2. The summed E-state index contributed by atoms with van der Waals surface area (Å²) in [7, 11) is 1.55. The molecule has 0 saturated carbocycles. The van der Waals surface area contributed by atoms with Crippen molar-refractivity contribution in [3.63, 3.8) is 0 Å². The van der Waals surface area contributed by atoms with Crippen molar-refractivity contribution in [2.24, 2.45) is 0 Å². The third-order valence-electron chi connectivity index (χ3n) is 3.83. The lowest BCUT2D eigenvalue weighted by Gasteiger charge is -2.23. The molecular formula is C18H16N2O4. The molecule has 24 heavy (non-hydrogen) atoms. The predicted octanol–water partition coefficient (Wildman–Crippen LogP) is 1.77. The molecule has 0 saturated heterocycles. The molecule has 1 atom stereocenters. The summed E-state index contributed by atoms with van der Waals surface area (Å²) in [6.07, 6.45) is -0.532. The first kappa shape index (κ1) is 15.7. The molecular weight excluding hydrogens is 308 g/mol. The van der Waals surface area contributed by atoms with E-state index in [2.05, 4.69) is 10.6 Å². The van der Waals surface area contributed by atoms with Crippen LogP contribution in [0.5, 0.6) is 0 Å². The normalized spacial score (nSPS) is 15.9. The van der Waals surface area contributed by atoms with Gasteiger partial charge in [0.2, 0.25) is 0 Å². The zero-order valence-electron chi connectivity index (χ0n) is 13.0. The number of rotatable bonds is 3. The maximum Gasteiger partial charge on any atom is 0.339 e. The van der Waals surface area contributed by atoms with Gasteiger partial charge in [0.1, 0.15) is 0 Å². The summed E-state index contributed by atoms with van der Waals surface area (Å²) in [5.41, 5.74) is 2.32. The molecule has 0 fully saturated rings. The Labute approximate surface area is 138 Å². The zero-order valence-corrected chi connectivity index (χ0v) is 13.0. The SMILES string of the molecule is CNC(=O)c1ccc(NC(=O)C2Cc3ccccc3C(=O)O2)cc1. The van der Waals surface area contributed by atoms with Gasteiger partial charge in [0, 0.05) is 24.7 Å². The van der Waals surface area contributed by atoms with Crippen LogP contribution < -0.4 is 10.6 Å². The highest BCUT2D eigenvalue weighted by Gasteiger charge is 2.31. The average Bonchev–Trinajstić information content (AvgIpc) is 2.61. The molecule has 1 aliphatic rings. The van der Waals surface area contributed by atoms with Gasteiger partial charge in [0.25, 0.3) is 11.8 Å². The van der Waals surface area contributed by atoms with Crippen molar-refractivity contribution in [1.82, 2.24) is 5.32 Å². The van der Waals surface area contributed by atoms with Crippen LogP contribution in [0.3, 0.4) is 0 Å². The van der Waals surface area contributed by atoms with Crippen molar-refractivity contribution in [2.75, 3.05) is 12.4 Å². The van der Waals surface area contributed by atoms with E-state index in [4.69, 9.17) is 4.74 Å². The largest absolute Gasteiger partial charge is 0.448 e. The van der Waals surface area contributed by atoms with E-state index < -0.39 is 18.0 Å². The molecule has 0 aromatic heterocycles. The lowest BCUT2D eigenvalue weighted by molar-refractivity contribution is -0.125. The van der Waals surface area contributed by atoms with E-state index in [0.717, 1.165) is 5.56 Å². The van der Waals surface area contributed by atoms with Gasteiger partial charge in [0.05, 0.1) is 5.56 Å². The number of nitrogens with one attached hydrogen (secondary N) is 2. The van der Waals surface area contributed by atoms with Crippen molar-refractivity contribution >= 4 is 23.5 Å². The van der Waals surface area contributed by atoms with Crippen LogP contribution >= 0.6 is 0 Å². The molecule has 1 unspecified atom stereocenters. The van der Waals surface area contributed by atoms with E-state index in [1.807, 2.05) is 12.1 Å². The second-order valence-corrected chi connectivity index (χ2v) is 5.40. The lowest BCUT2D eigenvalue weighted by Crippen LogP contribution is -2.37. The number of cyclic esters (lactones) is 1. The van der Waals surface area contributed by atoms with Gasteiger partial charge in [-0.2, -0.15) is 0 Å². The molecule has 2 N–H and O–H groups in total. The number of ether oxygens (including phenoxy) is 1. The predicted molar refractivity (Wildman–Crippen MR) is 87.8 cm³/mol. The Bertz CT molecular complexity index is 799. The molecule has 2 aromatic carbocycles. The standard InChI is InChI=1S/C18H16N2O4/c1-19-16(21)11-6-8-13(9-7-11)20-17(22)15-10-12-4-2-3-5-14(12)18(23)24-15/h2-9,15H,10H2,1H3,(H,19,21)(H,20,22). The van der Waals surface area contributed by atoms with Gasteiger partial charge in [-0.05, 0) is 35.9 Å². The van der Waals surface area contributed by atoms with E-state index in [-0.39, 0.29) is 5.91 Å². The molecule has 0 bridgehead atoms. The number of carbonyl (C=O) groups is 3. The molecule has 0 radical (unpaired) electrons. The number of hydrogen-bond donors (Lipinski definition) is 2. The summed E-state index contributed by atoms with van der Waals surface area (Å²) >= 11 is 0. The van der Waals surface area contributed by atoms with Gasteiger partial charge in [-0.15, -0.1) is 0 Å². The Balaban J connectivity index is 1.70. The van der Waals surface area contributed by atoms with E-state index in [1.165, 1.54) is 0 Å². The maximum absolute atomic E-state index is 12.3. The number of fused-ring (bicyclic) bond motifs is 1. The Morgan fingerprint density at radius 3 is 2.50 bits per heavy atom. The maximum atomic E-state index is 12.3. The van der Waals surface area contributed by atoms with E-state index in [0.29, 0.717) is 23.2 Å². The summed E-state index contributed by atoms with van der Waals surface area (Å²) in [4.78, 5) is 35.8. The smallest absolute Gasteiger partial charge is 0.339 e. The molecule has 2 aromatic rings. The van der Waals surface area contributed by atoms with Crippen LogP contribution in [-0.2, 0) is 16.0 Å². The molecule has 0 aliphatic carbocycles. The van der Waals surface area contributed by atoms with Crippen LogP contribution in [0, 0.1) is 0 Å². The van der Waals surface area contributed by atoms with Gasteiger partial charge < -0.3 is 15.4 Å². The Morgan fingerprint density at radius 2 is 1.79 bits per heavy atom. The van der Waals surface area contributed by atoms with Crippen LogP contribution in [0.1, 0.15) is 26.3 Å². The fourth-order valence-electron chi connectivity index (χ4n) is 2.55. The van der Waals surface area contributed by atoms with Crippen LogP contribution in [0.2, 0.25) is 0 Å². The van der Waals surface area contributed by atoms with Gasteiger partial charge in [-0.25, -0.2) is 4.79 Å². The topological polar surface area (TPSA) is 84.5 Å². The Hall–Kier alpha value is -3.15. The molecule has 3 rings (SSSR count). The van der Waals surface area contributed by atoms with Crippen molar-refractivity contribution in [2.45, 2.75) is 12.5 Å². The first-order valence-electron chi connectivity index (χ1n) is 7.50. The minimum atomic E-state index is -0.869. The lowest BCUT2D eigenvalue weighted by atomic mass is 9.98. The number of anilines is 1. The summed E-state index contributed by atoms with van der Waals surface area (Å²) in [5, 5.41) is 5.22.